The van der Waals surface area contributed by atoms with Crippen LogP contribution in [0, 0.1) is 0 Å². The van der Waals surface area contributed by atoms with Crippen molar-refractivity contribution in [3.05, 3.63) is 31.6 Å². The van der Waals surface area contributed by atoms with Gasteiger partial charge in [-0.1, -0.05) is 11.6 Å². The van der Waals surface area contributed by atoms with Crippen LogP contribution < -0.4 is 11.2 Å². The van der Waals surface area contributed by atoms with E-state index in [-0.39, 0.29) is 10.7 Å². The molecule has 0 radical (unpaired) electrons. The van der Waals surface area contributed by atoms with E-state index in [1.807, 2.05) is 0 Å². The minimum atomic E-state index is -0.651. The largest absolute Gasteiger partial charge is 0.390 e. The van der Waals surface area contributed by atoms with Gasteiger partial charge >= 0.3 is 5.69 Å². The summed E-state index contributed by atoms with van der Waals surface area (Å²) in [4.78, 5) is 25.6. The van der Waals surface area contributed by atoms with Crippen molar-refractivity contribution in [3.8, 4) is 0 Å². The number of halogens is 1. The molecular formula is C9H13ClN2O3. The Kier molecular flexibility index (Phi) is 3.06. The van der Waals surface area contributed by atoms with E-state index >= 15 is 0 Å². The topological polar surface area (TPSA) is 75.1 Å². The molecule has 1 aromatic rings. The Bertz CT molecular complexity index is 482. The Labute approximate surface area is 91.3 Å². The highest BCUT2D eigenvalue weighted by Gasteiger charge is 2.21. The van der Waals surface area contributed by atoms with Crippen LogP contribution in [-0.4, -0.2) is 14.7 Å². The predicted molar refractivity (Wildman–Crippen MR) is 57.3 cm³/mol. The molecule has 0 atom stereocenters. The lowest BCUT2D eigenvalue weighted by Gasteiger charge is -2.21. The van der Waals surface area contributed by atoms with Gasteiger partial charge in [0.25, 0.3) is 5.56 Å². The molecule has 1 heterocycles. The van der Waals surface area contributed by atoms with Gasteiger partial charge in [0, 0.05) is 5.54 Å². The number of aromatic nitrogens is 2. The van der Waals surface area contributed by atoms with Crippen molar-refractivity contribution in [1.82, 2.24) is 9.55 Å². The third-order valence-corrected chi connectivity index (χ3v) is 2.34. The summed E-state index contributed by atoms with van der Waals surface area (Å²) >= 11 is 5.71. The molecule has 84 valence electrons. The van der Waals surface area contributed by atoms with Gasteiger partial charge in [0.2, 0.25) is 0 Å². The molecule has 5 nitrogen and oxygen atoms in total. The van der Waals surface area contributed by atoms with Gasteiger partial charge in [0.15, 0.2) is 0 Å². The summed E-state index contributed by atoms with van der Waals surface area (Å²) in [6.45, 7) is 4.70. The molecule has 6 heteroatoms. The molecule has 0 aromatic carbocycles. The van der Waals surface area contributed by atoms with E-state index < -0.39 is 23.4 Å². The molecular weight excluding hydrogens is 220 g/mol. The highest BCUT2D eigenvalue weighted by atomic mass is 35.5. The number of aliphatic hydroxyl groups is 1. The molecule has 0 saturated carbocycles. The third-order valence-electron chi connectivity index (χ3n) is 1.95. The molecule has 0 saturated heterocycles. The van der Waals surface area contributed by atoms with Gasteiger partial charge in [-0.15, -0.1) is 0 Å². The highest BCUT2D eigenvalue weighted by molar-refractivity contribution is 6.30. The van der Waals surface area contributed by atoms with E-state index in [0.29, 0.717) is 0 Å². The van der Waals surface area contributed by atoms with E-state index in [1.165, 1.54) is 0 Å². The molecule has 1 rings (SSSR count). The van der Waals surface area contributed by atoms with Gasteiger partial charge in [-0.2, -0.15) is 0 Å². The Morgan fingerprint density at radius 3 is 2.33 bits per heavy atom. The number of hydrogen-bond acceptors (Lipinski definition) is 3. The molecule has 1 aromatic heterocycles. The van der Waals surface area contributed by atoms with E-state index in [0.717, 1.165) is 4.57 Å². The Morgan fingerprint density at radius 2 is 1.93 bits per heavy atom. The fourth-order valence-corrected chi connectivity index (χ4v) is 1.47. The fourth-order valence-electron chi connectivity index (χ4n) is 1.28. The van der Waals surface area contributed by atoms with Crippen LogP contribution in [0.15, 0.2) is 9.59 Å². The predicted octanol–water partition coefficient (Wildman–Crippen LogP) is 0.437. The second-order valence-corrected chi connectivity index (χ2v) is 4.57. The molecule has 0 unspecified atom stereocenters. The Balaban J connectivity index is 3.66. The zero-order chi connectivity index (χ0) is 11.8. The third kappa shape index (κ3) is 2.13. The maximum Gasteiger partial charge on any atom is 0.329 e. The summed E-state index contributed by atoms with van der Waals surface area (Å²) in [6, 6.07) is 0. The van der Waals surface area contributed by atoms with Crippen molar-refractivity contribution in [2.24, 2.45) is 0 Å². The van der Waals surface area contributed by atoms with E-state index in [1.54, 1.807) is 20.8 Å². The van der Waals surface area contributed by atoms with Gasteiger partial charge in [-0.05, 0) is 20.8 Å². The highest BCUT2D eigenvalue weighted by Crippen LogP contribution is 2.11. The standard InChI is InChI=1S/C9H13ClN2O3/c1-9(2,3)12-7(14)6(10)5(4-13)11-8(12)15/h13H,4H2,1-3H3,(H,11,15). The molecule has 0 fully saturated rings. The van der Waals surface area contributed by atoms with Crippen LogP contribution in [0.1, 0.15) is 26.5 Å². The maximum absolute atomic E-state index is 11.7. The second kappa shape index (κ2) is 3.83. The maximum atomic E-state index is 11.7. The van der Waals surface area contributed by atoms with Crippen molar-refractivity contribution < 1.29 is 5.11 Å². The number of aromatic amines is 1. The van der Waals surface area contributed by atoms with Gasteiger partial charge in [-0.25, -0.2) is 4.79 Å². The van der Waals surface area contributed by atoms with Crippen LogP contribution in [0.3, 0.4) is 0 Å². The van der Waals surface area contributed by atoms with Gasteiger partial charge in [0.1, 0.15) is 5.02 Å². The fraction of sp³-hybridized carbons (Fsp3) is 0.556. The first-order valence-corrected chi connectivity index (χ1v) is 4.82. The van der Waals surface area contributed by atoms with E-state index in [4.69, 9.17) is 16.7 Å². The zero-order valence-corrected chi connectivity index (χ0v) is 9.55. The van der Waals surface area contributed by atoms with Crippen molar-refractivity contribution >= 4 is 11.6 Å². The van der Waals surface area contributed by atoms with Crippen molar-refractivity contribution in [1.29, 1.82) is 0 Å². The van der Waals surface area contributed by atoms with Gasteiger partial charge in [0.05, 0.1) is 12.3 Å². The van der Waals surface area contributed by atoms with Crippen LogP contribution in [0.4, 0.5) is 0 Å². The quantitative estimate of drug-likeness (QED) is 0.738. The summed E-state index contributed by atoms with van der Waals surface area (Å²) < 4.78 is 1.02. The first-order valence-electron chi connectivity index (χ1n) is 4.44. The number of rotatable bonds is 1. The molecule has 0 spiro atoms. The minimum Gasteiger partial charge on any atom is -0.390 e. The summed E-state index contributed by atoms with van der Waals surface area (Å²) in [6.07, 6.45) is 0. The van der Waals surface area contributed by atoms with Crippen LogP contribution in [-0.2, 0) is 12.1 Å². The Hall–Kier alpha value is -1.07. The lowest BCUT2D eigenvalue weighted by molar-refractivity contribution is 0.273. The van der Waals surface area contributed by atoms with E-state index in [9.17, 15) is 9.59 Å². The zero-order valence-electron chi connectivity index (χ0n) is 8.80. The number of hydrogen-bond donors (Lipinski definition) is 2. The summed E-state index contributed by atoms with van der Waals surface area (Å²) in [5, 5.41) is 8.71. The van der Waals surface area contributed by atoms with Crippen LogP contribution in [0.25, 0.3) is 0 Å². The molecule has 2 N–H and O–H groups in total. The average Bonchev–Trinajstić information content (AvgIpc) is 2.09. The molecule has 0 aliphatic rings. The first-order chi connectivity index (χ1) is 6.79. The van der Waals surface area contributed by atoms with Crippen LogP contribution >= 0.6 is 11.6 Å². The monoisotopic (exact) mass is 232 g/mol. The number of nitrogens with zero attached hydrogens (tertiary/aromatic N) is 1. The SMILES string of the molecule is CC(C)(C)n1c(=O)[nH]c(CO)c(Cl)c1=O. The minimum absolute atomic E-state index is 0.0483. The first kappa shape index (κ1) is 12.0. The van der Waals surface area contributed by atoms with E-state index in [2.05, 4.69) is 4.98 Å². The number of H-pyrrole nitrogens is 1. The molecule has 15 heavy (non-hydrogen) atoms. The number of nitrogens with one attached hydrogen (secondary N) is 1. The van der Waals surface area contributed by atoms with Crippen molar-refractivity contribution in [2.45, 2.75) is 32.9 Å². The summed E-state index contributed by atoms with van der Waals surface area (Å²) in [5.41, 5.74) is -1.76. The molecule has 0 bridgehead atoms. The second-order valence-electron chi connectivity index (χ2n) is 4.19. The summed E-state index contributed by atoms with van der Waals surface area (Å²) in [5.74, 6) is 0. The molecule has 0 aliphatic heterocycles. The molecule has 0 aliphatic carbocycles. The lowest BCUT2D eigenvalue weighted by atomic mass is 10.1. The van der Waals surface area contributed by atoms with Gasteiger partial charge < -0.3 is 10.1 Å². The number of aliphatic hydroxyl groups excluding tert-OH is 1. The van der Waals surface area contributed by atoms with Crippen molar-refractivity contribution in [3.63, 3.8) is 0 Å². The lowest BCUT2D eigenvalue weighted by Crippen LogP contribution is -2.45. The average molecular weight is 233 g/mol. The van der Waals surface area contributed by atoms with Crippen molar-refractivity contribution in [2.75, 3.05) is 0 Å². The Morgan fingerprint density at radius 1 is 1.40 bits per heavy atom. The smallest absolute Gasteiger partial charge is 0.329 e. The van der Waals surface area contributed by atoms with Crippen LogP contribution in [0.2, 0.25) is 5.02 Å². The van der Waals surface area contributed by atoms with Gasteiger partial charge in [-0.3, -0.25) is 9.36 Å². The normalized spacial score (nSPS) is 11.8. The summed E-state index contributed by atoms with van der Waals surface area (Å²) in [7, 11) is 0. The molecule has 0 amide bonds. The van der Waals surface area contributed by atoms with Crippen LogP contribution in [0.5, 0.6) is 0 Å².